The molecule has 4 nitrogen and oxygen atoms in total. The van der Waals surface area contributed by atoms with Crippen LogP contribution >= 0.6 is 23.2 Å². The van der Waals surface area contributed by atoms with Gasteiger partial charge in [-0.2, -0.15) is 0 Å². The number of benzene rings is 1. The average Bonchev–Trinajstić information content (AvgIpc) is 2.57. The molecule has 0 radical (unpaired) electrons. The Morgan fingerprint density at radius 2 is 2.08 bits per heavy atom. The highest BCUT2D eigenvalue weighted by molar-refractivity contribution is 6.42. The summed E-state index contributed by atoms with van der Waals surface area (Å²) in [6.45, 7) is 3.28. The first-order chi connectivity index (χ1) is 11.5. The molecule has 0 saturated carbocycles. The Labute approximate surface area is 152 Å². The van der Waals surface area contributed by atoms with E-state index in [0.29, 0.717) is 22.2 Å². The van der Waals surface area contributed by atoms with E-state index in [1.165, 1.54) is 5.56 Å². The Morgan fingerprint density at radius 1 is 1.25 bits per heavy atom. The molecule has 6 heteroatoms. The lowest BCUT2D eigenvalue weighted by Crippen LogP contribution is -2.40. The molecule has 0 bridgehead atoms. The molecule has 1 unspecified atom stereocenters. The van der Waals surface area contributed by atoms with Gasteiger partial charge in [-0.05, 0) is 49.1 Å². The number of aryl methyl sites for hydroxylation is 1. The molecule has 128 valence electrons. The standard InChI is InChI=1S/C18H21Cl2N3O/c1-18(24,13-5-7-15(19)16(20)11-13)22-10-8-14-6-4-12-3-2-9-21-17(12)23-14/h4-7,11,22,24H,2-3,8-10H2,1H3,(H,21,23). The highest BCUT2D eigenvalue weighted by atomic mass is 35.5. The Hall–Kier alpha value is -1.33. The molecule has 2 aromatic rings. The van der Waals surface area contributed by atoms with E-state index in [4.69, 9.17) is 23.2 Å². The van der Waals surface area contributed by atoms with E-state index in [0.717, 1.165) is 37.3 Å². The summed E-state index contributed by atoms with van der Waals surface area (Å²) in [5.41, 5.74) is 1.78. The second kappa shape index (κ2) is 7.28. The van der Waals surface area contributed by atoms with Crippen molar-refractivity contribution >= 4 is 29.0 Å². The number of pyridine rings is 1. The number of nitrogens with one attached hydrogen (secondary N) is 2. The van der Waals surface area contributed by atoms with Crippen LogP contribution in [0, 0.1) is 0 Å². The molecule has 1 aromatic carbocycles. The van der Waals surface area contributed by atoms with Crippen LogP contribution in [0.1, 0.15) is 30.2 Å². The third-order valence-corrected chi connectivity index (χ3v) is 5.02. The van der Waals surface area contributed by atoms with Gasteiger partial charge in [0.2, 0.25) is 0 Å². The SMILES string of the molecule is CC(O)(NCCc1ccc2c(n1)NCCC2)c1ccc(Cl)c(Cl)c1. The van der Waals surface area contributed by atoms with E-state index in [9.17, 15) is 5.11 Å². The molecule has 1 aliphatic rings. The number of hydrogen-bond donors (Lipinski definition) is 3. The largest absolute Gasteiger partial charge is 0.372 e. The molecule has 0 fully saturated rings. The molecule has 0 amide bonds. The van der Waals surface area contributed by atoms with Crippen molar-refractivity contribution in [1.29, 1.82) is 0 Å². The van der Waals surface area contributed by atoms with Gasteiger partial charge in [-0.15, -0.1) is 0 Å². The van der Waals surface area contributed by atoms with Crippen molar-refractivity contribution in [2.24, 2.45) is 0 Å². The highest BCUT2D eigenvalue weighted by Gasteiger charge is 2.23. The minimum Gasteiger partial charge on any atom is -0.372 e. The van der Waals surface area contributed by atoms with Crippen LogP contribution in [-0.4, -0.2) is 23.2 Å². The maximum atomic E-state index is 10.6. The summed E-state index contributed by atoms with van der Waals surface area (Å²) in [6.07, 6.45) is 2.97. The van der Waals surface area contributed by atoms with Crippen molar-refractivity contribution < 1.29 is 5.11 Å². The van der Waals surface area contributed by atoms with Crippen molar-refractivity contribution in [2.75, 3.05) is 18.4 Å². The van der Waals surface area contributed by atoms with Gasteiger partial charge < -0.3 is 10.4 Å². The molecule has 3 rings (SSSR count). The summed E-state index contributed by atoms with van der Waals surface area (Å²) >= 11 is 12.0. The molecule has 0 aliphatic carbocycles. The predicted octanol–water partition coefficient (Wildman–Crippen LogP) is 3.74. The van der Waals surface area contributed by atoms with E-state index in [1.807, 2.05) is 0 Å². The fourth-order valence-electron chi connectivity index (χ4n) is 2.84. The van der Waals surface area contributed by atoms with Crippen LogP contribution in [0.5, 0.6) is 0 Å². The minimum atomic E-state index is -1.18. The van der Waals surface area contributed by atoms with Gasteiger partial charge in [0, 0.05) is 25.2 Å². The maximum absolute atomic E-state index is 10.6. The number of aromatic nitrogens is 1. The van der Waals surface area contributed by atoms with E-state index in [1.54, 1.807) is 25.1 Å². The van der Waals surface area contributed by atoms with Gasteiger partial charge in [0.25, 0.3) is 0 Å². The number of anilines is 1. The zero-order valence-electron chi connectivity index (χ0n) is 13.6. The van der Waals surface area contributed by atoms with Gasteiger partial charge in [0.05, 0.1) is 10.0 Å². The smallest absolute Gasteiger partial charge is 0.139 e. The van der Waals surface area contributed by atoms with Crippen molar-refractivity contribution in [3.8, 4) is 0 Å². The average molecular weight is 366 g/mol. The van der Waals surface area contributed by atoms with Gasteiger partial charge in [-0.25, -0.2) is 4.98 Å². The third kappa shape index (κ3) is 4.01. The zero-order chi connectivity index (χ0) is 17.2. The normalized spacial score (nSPS) is 16.2. The lowest BCUT2D eigenvalue weighted by Gasteiger charge is -2.26. The van der Waals surface area contributed by atoms with E-state index < -0.39 is 5.72 Å². The summed E-state index contributed by atoms with van der Waals surface area (Å²) in [6, 6.07) is 9.33. The number of hydrogen-bond acceptors (Lipinski definition) is 4. The fraction of sp³-hybridized carbons (Fsp3) is 0.389. The summed E-state index contributed by atoms with van der Waals surface area (Å²) in [7, 11) is 0. The summed E-state index contributed by atoms with van der Waals surface area (Å²) in [5.74, 6) is 0.995. The number of halogens is 2. The molecule has 1 aliphatic heterocycles. The molecule has 0 spiro atoms. The van der Waals surface area contributed by atoms with Crippen LogP contribution in [0.15, 0.2) is 30.3 Å². The van der Waals surface area contributed by atoms with Crippen LogP contribution in [0.4, 0.5) is 5.82 Å². The Balaban J connectivity index is 1.61. The first kappa shape index (κ1) is 17.5. The van der Waals surface area contributed by atoms with Gasteiger partial charge in [0.15, 0.2) is 0 Å². The van der Waals surface area contributed by atoms with E-state index >= 15 is 0 Å². The van der Waals surface area contributed by atoms with Crippen LogP contribution in [0.3, 0.4) is 0 Å². The predicted molar refractivity (Wildman–Crippen MR) is 98.8 cm³/mol. The molecule has 2 heterocycles. The third-order valence-electron chi connectivity index (χ3n) is 4.28. The van der Waals surface area contributed by atoms with E-state index in [-0.39, 0.29) is 0 Å². The lowest BCUT2D eigenvalue weighted by molar-refractivity contribution is 0.0206. The van der Waals surface area contributed by atoms with Crippen LogP contribution in [0.2, 0.25) is 10.0 Å². The fourth-order valence-corrected chi connectivity index (χ4v) is 3.14. The molecule has 1 atom stereocenters. The molecule has 3 N–H and O–H groups in total. The zero-order valence-corrected chi connectivity index (χ0v) is 15.1. The number of nitrogens with zero attached hydrogens (tertiary/aromatic N) is 1. The monoisotopic (exact) mass is 365 g/mol. The molecule has 1 aromatic heterocycles. The number of fused-ring (bicyclic) bond motifs is 1. The summed E-state index contributed by atoms with van der Waals surface area (Å²) in [5, 5.41) is 18.0. The van der Waals surface area contributed by atoms with E-state index in [2.05, 4.69) is 27.8 Å². The topological polar surface area (TPSA) is 57.2 Å². The lowest BCUT2D eigenvalue weighted by atomic mass is 10.0. The first-order valence-corrected chi connectivity index (χ1v) is 8.87. The first-order valence-electron chi connectivity index (χ1n) is 8.11. The maximum Gasteiger partial charge on any atom is 0.139 e. The Kier molecular flexibility index (Phi) is 5.30. The van der Waals surface area contributed by atoms with Crippen molar-refractivity contribution in [3.05, 3.63) is 57.2 Å². The quantitative estimate of drug-likeness (QED) is 0.706. The van der Waals surface area contributed by atoms with Crippen molar-refractivity contribution in [1.82, 2.24) is 10.3 Å². The number of aliphatic hydroxyl groups is 1. The second-order valence-corrected chi connectivity index (χ2v) is 7.03. The van der Waals surface area contributed by atoms with Gasteiger partial charge in [-0.1, -0.05) is 35.3 Å². The number of rotatable bonds is 5. The Bertz CT molecular complexity index is 734. The molecular weight excluding hydrogens is 345 g/mol. The van der Waals surface area contributed by atoms with Crippen LogP contribution in [0.25, 0.3) is 0 Å². The second-order valence-electron chi connectivity index (χ2n) is 6.22. The van der Waals surface area contributed by atoms with Crippen molar-refractivity contribution in [3.63, 3.8) is 0 Å². The highest BCUT2D eigenvalue weighted by Crippen LogP contribution is 2.27. The minimum absolute atomic E-state index is 0.429. The molecule has 24 heavy (non-hydrogen) atoms. The summed E-state index contributed by atoms with van der Waals surface area (Å²) in [4.78, 5) is 4.66. The van der Waals surface area contributed by atoms with Crippen LogP contribution < -0.4 is 10.6 Å². The van der Waals surface area contributed by atoms with Crippen LogP contribution in [-0.2, 0) is 18.6 Å². The molecule has 0 saturated heterocycles. The van der Waals surface area contributed by atoms with Gasteiger partial charge in [-0.3, -0.25) is 5.32 Å². The van der Waals surface area contributed by atoms with Gasteiger partial charge >= 0.3 is 0 Å². The summed E-state index contributed by atoms with van der Waals surface area (Å²) < 4.78 is 0. The Morgan fingerprint density at radius 3 is 2.88 bits per heavy atom. The van der Waals surface area contributed by atoms with Gasteiger partial charge in [0.1, 0.15) is 11.5 Å². The molecular formula is C18H21Cl2N3O. The van der Waals surface area contributed by atoms with Crippen molar-refractivity contribution in [2.45, 2.75) is 31.9 Å².